The van der Waals surface area contributed by atoms with Crippen LogP contribution < -0.4 is 5.32 Å². The average Bonchev–Trinajstić information content (AvgIpc) is 3.12. The second-order valence-corrected chi connectivity index (χ2v) is 8.71. The molecule has 5 rings (SSSR count). The molecule has 1 unspecified atom stereocenters. The number of nitrogens with one attached hydrogen (secondary N) is 1. The van der Waals surface area contributed by atoms with Gasteiger partial charge < -0.3 is 14.4 Å². The Morgan fingerprint density at radius 1 is 1.18 bits per heavy atom. The van der Waals surface area contributed by atoms with Crippen molar-refractivity contribution in [2.24, 2.45) is 5.41 Å². The summed E-state index contributed by atoms with van der Waals surface area (Å²) in [5, 5.41) is 16.4. The summed E-state index contributed by atoms with van der Waals surface area (Å²) in [6.45, 7) is 1.72. The lowest BCUT2D eigenvalue weighted by molar-refractivity contribution is -0.141. The van der Waals surface area contributed by atoms with E-state index in [1.54, 1.807) is 25.1 Å². The summed E-state index contributed by atoms with van der Waals surface area (Å²) in [4.78, 5) is 23.9. The Hall–Kier alpha value is -4.02. The van der Waals surface area contributed by atoms with E-state index in [1.165, 1.54) is 6.26 Å². The molecule has 7 nitrogen and oxygen atoms in total. The maximum absolute atomic E-state index is 12.3. The lowest BCUT2D eigenvalue weighted by atomic mass is 9.96. The molecule has 34 heavy (non-hydrogen) atoms. The van der Waals surface area contributed by atoms with Gasteiger partial charge in [0.2, 0.25) is 0 Å². The van der Waals surface area contributed by atoms with Crippen LogP contribution in [0.2, 0.25) is 5.02 Å². The molecular weight excluding hydrogens is 456 g/mol. The van der Waals surface area contributed by atoms with Gasteiger partial charge in [0, 0.05) is 16.2 Å². The number of halogens is 1. The Balaban J connectivity index is 1.24. The molecule has 1 amide bonds. The third-order valence-corrected chi connectivity index (χ3v) is 6.39. The van der Waals surface area contributed by atoms with Crippen LogP contribution in [0.3, 0.4) is 0 Å². The Bertz CT molecular complexity index is 1400. The number of carboxylic acids is 1. The fourth-order valence-corrected chi connectivity index (χ4v) is 4.27. The molecule has 0 aliphatic heterocycles. The van der Waals surface area contributed by atoms with E-state index in [4.69, 9.17) is 20.9 Å². The van der Waals surface area contributed by atoms with E-state index in [2.05, 4.69) is 22.3 Å². The number of fused-ring (bicyclic) bond motifs is 1. The number of benzene rings is 1. The maximum Gasteiger partial charge on any atom is 0.412 e. The van der Waals surface area contributed by atoms with Crippen molar-refractivity contribution in [3.05, 3.63) is 93.4 Å². The van der Waals surface area contributed by atoms with Crippen LogP contribution in [0.1, 0.15) is 37.1 Å². The van der Waals surface area contributed by atoms with Crippen LogP contribution in [0.5, 0.6) is 0 Å². The number of anilines is 1. The molecule has 170 valence electrons. The Kier molecular flexibility index (Phi) is 5.39. The minimum Gasteiger partial charge on any atom is -0.481 e. The standard InChI is InChI=1S/C26H19ClN2O5/c1-15(20-4-2-3-5-21(20)27)34-25(32)28-23-14-33-29-22(23)7-6-16-10-17-12-19(13-18(17)11-16)26(8-9-26)24(30)31/h2-5,10-15H,8-9H2,1H3,(H,28,32)(H,30,31). The zero-order valence-corrected chi connectivity index (χ0v) is 18.8. The van der Waals surface area contributed by atoms with Gasteiger partial charge in [-0.15, -0.1) is 0 Å². The van der Waals surface area contributed by atoms with Crippen molar-refractivity contribution in [2.75, 3.05) is 5.32 Å². The van der Waals surface area contributed by atoms with E-state index >= 15 is 0 Å². The fourth-order valence-electron chi connectivity index (χ4n) is 3.98. The number of aromatic nitrogens is 1. The third-order valence-electron chi connectivity index (χ3n) is 6.05. The van der Waals surface area contributed by atoms with Crippen molar-refractivity contribution in [3.63, 3.8) is 0 Å². The topological polar surface area (TPSA) is 102 Å². The number of carbonyl (C=O) groups is 2. The van der Waals surface area contributed by atoms with E-state index < -0.39 is 23.6 Å². The van der Waals surface area contributed by atoms with Crippen LogP contribution in [0.15, 0.2) is 81.6 Å². The van der Waals surface area contributed by atoms with E-state index in [0.717, 1.165) is 22.3 Å². The molecule has 1 atom stereocenters. The molecule has 2 aromatic rings. The van der Waals surface area contributed by atoms with Gasteiger partial charge in [-0.25, -0.2) is 4.79 Å². The number of carbonyl (C=O) groups excluding carboxylic acids is 1. The third kappa shape index (κ3) is 4.04. The lowest BCUT2D eigenvalue weighted by Crippen LogP contribution is -2.16. The normalized spacial score (nSPS) is 17.8. The van der Waals surface area contributed by atoms with Gasteiger partial charge in [0.25, 0.3) is 0 Å². The van der Waals surface area contributed by atoms with Crippen molar-refractivity contribution in [3.8, 4) is 11.8 Å². The Morgan fingerprint density at radius 3 is 2.65 bits per heavy atom. The van der Waals surface area contributed by atoms with Crippen LogP contribution in [0.25, 0.3) is 0 Å². The zero-order valence-electron chi connectivity index (χ0n) is 18.1. The Morgan fingerprint density at radius 2 is 1.94 bits per heavy atom. The van der Waals surface area contributed by atoms with Gasteiger partial charge in [-0.3, -0.25) is 10.1 Å². The van der Waals surface area contributed by atoms with E-state index in [0.29, 0.717) is 23.4 Å². The number of hydrogen-bond donors (Lipinski definition) is 2. The van der Waals surface area contributed by atoms with Gasteiger partial charge >= 0.3 is 12.1 Å². The van der Waals surface area contributed by atoms with Gasteiger partial charge in [0.1, 0.15) is 18.1 Å². The molecule has 3 aliphatic rings. The summed E-state index contributed by atoms with van der Waals surface area (Å²) in [5.74, 6) is 5.13. The summed E-state index contributed by atoms with van der Waals surface area (Å²) in [5.41, 5.74) is 4.00. The highest BCUT2D eigenvalue weighted by Crippen LogP contribution is 2.55. The van der Waals surface area contributed by atoms with Crippen LogP contribution in [0.4, 0.5) is 10.5 Å². The summed E-state index contributed by atoms with van der Waals surface area (Å²) >= 11 is 6.16. The number of hydrogen-bond acceptors (Lipinski definition) is 5. The van der Waals surface area contributed by atoms with Crippen LogP contribution in [-0.4, -0.2) is 22.3 Å². The predicted molar refractivity (Wildman–Crippen MR) is 125 cm³/mol. The summed E-state index contributed by atoms with van der Waals surface area (Å²) in [6.07, 6.45) is 9.01. The number of amides is 1. The first kappa shape index (κ1) is 21.8. The van der Waals surface area contributed by atoms with E-state index in [9.17, 15) is 14.7 Å². The predicted octanol–water partition coefficient (Wildman–Crippen LogP) is 5.59. The van der Waals surface area contributed by atoms with Gasteiger partial charge in [-0.05, 0) is 72.8 Å². The van der Waals surface area contributed by atoms with Crippen molar-refractivity contribution >= 4 is 29.4 Å². The highest BCUT2D eigenvalue weighted by Gasteiger charge is 2.53. The Labute approximate surface area is 200 Å². The van der Waals surface area contributed by atoms with Crippen LogP contribution in [-0.2, 0) is 9.53 Å². The number of ether oxygens (including phenoxy) is 1. The number of rotatable bonds is 5. The molecule has 3 aliphatic carbocycles. The molecule has 1 saturated carbocycles. The van der Waals surface area contributed by atoms with Crippen molar-refractivity contribution in [1.82, 2.24) is 5.16 Å². The van der Waals surface area contributed by atoms with Crippen LogP contribution in [0, 0.1) is 17.3 Å². The summed E-state index contributed by atoms with van der Waals surface area (Å²) in [7, 11) is 0. The van der Waals surface area contributed by atoms with Gasteiger partial charge in [-0.1, -0.05) is 40.9 Å². The molecule has 0 radical (unpaired) electrons. The number of allylic oxidation sites excluding steroid dienone is 7. The first-order valence-corrected chi connectivity index (χ1v) is 11.0. The highest BCUT2D eigenvalue weighted by molar-refractivity contribution is 6.31. The number of aliphatic carboxylic acids is 1. The quantitative estimate of drug-likeness (QED) is 0.548. The van der Waals surface area contributed by atoms with Crippen molar-refractivity contribution in [2.45, 2.75) is 25.9 Å². The summed E-state index contributed by atoms with van der Waals surface area (Å²) < 4.78 is 10.4. The second kappa shape index (κ2) is 8.40. The highest BCUT2D eigenvalue weighted by atomic mass is 35.5. The lowest BCUT2D eigenvalue weighted by Gasteiger charge is -2.14. The number of carboxylic acid groups (broad SMARTS) is 1. The van der Waals surface area contributed by atoms with Crippen molar-refractivity contribution < 1.29 is 24.0 Å². The maximum atomic E-state index is 12.3. The molecule has 1 heterocycles. The van der Waals surface area contributed by atoms with Crippen LogP contribution >= 0.6 is 11.6 Å². The minimum absolute atomic E-state index is 0.256. The van der Waals surface area contributed by atoms with E-state index in [1.807, 2.05) is 30.4 Å². The van der Waals surface area contributed by atoms with Crippen molar-refractivity contribution in [1.29, 1.82) is 0 Å². The van der Waals surface area contributed by atoms with Gasteiger partial charge in [0.05, 0.1) is 5.41 Å². The molecule has 8 heteroatoms. The average molecular weight is 475 g/mol. The monoisotopic (exact) mass is 474 g/mol. The zero-order chi connectivity index (χ0) is 23.9. The molecule has 0 saturated heterocycles. The van der Waals surface area contributed by atoms with E-state index in [-0.39, 0.29) is 11.4 Å². The molecule has 1 aromatic carbocycles. The molecule has 1 fully saturated rings. The molecule has 0 bridgehead atoms. The largest absolute Gasteiger partial charge is 0.481 e. The SMILES string of the molecule is CC(OC(=O)Nc1conc1C#CC1=CC2=CC(C3(C(=O)O)CC3)=CC2=C1)c1ccccc1Cl. The molecular formula is C26H19ClN2O5. The van der Waals surface area contributed by atoms with Gasteiger partial charge in [-0.2, -0.15) is 0 Å². The first-order valence-electron chi connectivity index (χ1n) is 10.7. The second-order valence-electron chi connectivity index (χ2n) is 8.31. The fraction of sp³-hybridized carbons (Fsp3) is 0.192. The molecule has 2 N–H and O–H groups in total. The smallest absolute Gasteiger partial charge is 0.412 e. The van der Waals surface area contributed by atoms with Gasteiger partial charge in [0.15, 0.2) is 5.69 Å². The summed E-state index contributed by atoms with van der Waals surface area (Å²) in [6, 6.07) is 7.13. The first-order chi connectivity index (χ1) is 16.4. The molecule has 0 spiro atoms. The molecule has 1 aromatic heterocycles. The minimum atomic E-state index is -0.772. The number of nitrogens with zero attached hydrogens (tertiary/aromatic N) is 1.